The van der Waals surface area contributed by atoms with Crippen LogP contribution in [0, 0.1) is 13.8 Å². The Bertz CT molecular complexity index is 765. The summed E-state index contributed by atoms with van der Waals surface area (Å²) in [7, 11) is 0. The summed E-state index contributed by atoms with van der Waals surface area (Å²) in [6, 6.07) is 9.71. The van der Waals surface area contributed by atoms with Gasteiger partial charge >= 0.3 is 5.97 Å². The third-order valence-electron chi connectivity index (χ3n) is 3.90. The number of benzene rings is 1. The normalized spacial score (nSPS) is 10.6. The average molecular weight is 375 g/mol. The van der Waals surface area contributed by atoms with Crippen LogP contribution in [0.3, 0.4) is 0 Å². The number of esters is 1. The van der Waals surface area contributed by atoms with Gasteiger partial charge in [0.15, 0.2) is 5.78 Å². The molecule has 0 amide bonds. The molecule has 0 fully saturated rings. The number of hydrogen-bond donors (Lipinski definition) is 0. The van der Waals surface area contributed by atoms with Gasteiger partial charge in [-0.3, -0.25) is 9.59 Å². The Morgan fingerprint density at radius 1 is 1.04 bits per heavy atom. The summed E-state index contributed by atoms with van der Waals surface area (Å²) < 4.78 is 12.4. The van der Waals surface area contributed by atoms with Crippen LogP contribution in [0.4, 0.5) is 0 Å². The lowest BCUT2D eigenvalue weighted by atomic mass is 10.2. The third-order valence-corrected chi connectivity index (χ3v) is 4.80. The van der Waals surface area contributed by atoms with Crippen molar-refractivity contribution in [3.05, 3.63) is 47.3 Å². The van der Waals surface area contributed by atoms with Crippen molar-refractivity contribution in [3.8, 4) is 11.4 Å². The van der Waals surface area contributed by atoms with Gasteiger partial charge in [-0.1, -0.05) is 0 Å². The van der Waals surface area contributed by atoms with E-state index in [2.05, 4.69) is 4.57 Å². The molecule has 5 nitrogen and oxygen atoms in total. The molecule has 140 valence electrons. The van der Waals surface area contributed by atoms with Crippen LogP contribution < -0.4 is 4.74 Å². The number of Topliss-reactive ketones (excluding diaryl/α,β-unsaturated/α-hetero) is 1. The maximum Gasteiger partial charge on any atom is 0.315 e. The van der Waals surface area contributed by atoms with E-state index in [0.717, 1.165) is 22.8 Å². The highest BCUT2D eigenvalue weighted by atomic mass is 32.2. The molecular formula is C20H25NO4S. The first-order valence-corrected chi connectivity index (χ1v) is 9.82. The van der Waals surface area contributed by atoms with Gasteiger partial charge in [0.1, 0.15) is 5.75 Å². The van der Waals surface area contributed by atoms with Crippen LogP contribution in [-0.4, -0.2) is 41.0 Å². The summed E-state index contributed by atoms with van der Waals surface area (Å²) in [5.41, 5.74) is 3.56. The number of thioether (sulfide) groups is 1. The van der Waals surface area contributed by atoms with E-state index < -0.39 is 0 Å². The van der Waals surface area contributed by atoms with Crippen LogP contribution in [0.1, 0.15) is 35.6 Å². The number of ether oxygens (including phenoxy) is 2. The van der Waals surface area contributed by atoms with Crippen LogP contribution in [0.2, 0.25) is 0 Å². The number of nitrogens with zero attached hydrogens (tertiary/aromatic N) is 1. The van der Waals surface area contributed by atoms with Crippen molar-refractivity contribution < 1.29 is 19.1 Å². The summed E-state index contributed by atoms with van der Waals surface area (Å²) in [4.78, 5) is 23.9. The zero-order chi connectivity index (χ0) is 19.1. The van der Waals surface area contributed by atoms with E-state index in [1.165, 1.54) is 11.8 Å². The monoisotopic (exact) mass is 375 g/mol. The largest absolute Gasteiger partial charge is 0.494 e. The standard InChI is InChI=1S/C20H25NO4S/c1-5-24-17-9-7-16(8-10-17)21-14(3)11-18(15(21)4)19(22)12-26-13-20(23)25-6-2/h7-11H,5-6,12-13H2,1-4H3. The van der Waals surface area contributed by atoms with Gasteiger partial charge in [0.25, 0.3) is 0 Å². The Morgan fingerprint density at radius 2 is 1.73 bits per heavy atom. The Hall–Kier alpha value is -2.21. The Balaban J connectivity index is 2.11. The first-order valence-electron chi connectivity index (χ1n) is 8.66. The molecule has 2 rings (SSSR count). The molecule has 0 N–H and O–H groups in total. The van der Waals surface area contributed by atoms with Crippen LogP contribution in [0.5, 0.6) is 5.75 Å². The zero-order valence-electron chi connectivity index (χ0n) is 15.7. The van der Waals surface area contributed by atoms with Gasteiger partial charge in [-0.05, 0) is 58.0 Å². The Labute approximate surface area is 158 Å². The average Bonchev–Trinajstić information content (AvgIpc) is 2.91. The number of rotatable bonds is 9. The maximum absolute atomic E-state index is 12.5. The molecule has 2 aromatic rings. The van der Waals surface area contributed by atoms with Gasteiger partial charge in [-0.25, -0.2) is 0 Å². The van der Waals surface area contributed by atoms with E-state index in [-0.39, 0.29) is 23.3 Å². The molecule has 0 radical (unpaired) electrons. The van der Waals surface area contributed by atoms with Crippen molar-refractivity contribution in [2.45, 2.75) is 27.7 Å². The molecule has 0 spiro atoms. The first-order chi connectivity index (χ1) is 12.5. The lowest BCUT2D eigenvalue weighted by molar-refractivity contribution is -0.139. The van der Waals surface area contributed by atoms with E-state index in [0.29, 0.717) is 18.8 Å². The molecule has 0 aliphatic carbocycles. The van der Waals surface area contributed by atoms with E-state index in [1.807, 2.05) is 51.1 Å². The fourth-order valence-electron chi connectivity index (χ4n) is 2.81. The predicted octanol–water partition coefficient (Wildman–Crippen LogP) is 3.97. The third kappa shape index (κ3) is 4.91. The zero-order valence-corrected chi connectivity index (χ0v) is 16.5. The van der Waals surface area contributed by atoms with E-state index in [4.69, 9.17) is 9.47 Å². The Morgan fingerprint density at radius 3 is 2.35 bits per heavy atom. The molecule has 1 heterocycles. The summed E-state index contributed by atoms with van der Waals surface area (Å²) in [5, 5.41) is 0. The van der Waals surface area contributed by atoms with Gasteiger partial charge in [0.05, 0.1) is 24.7 Å². The number of ketones is 1. The lowest BCUT2D eigenvalue weighted by Crippen LogP contribution is -2.10. The van der Waals surface area contributed by atoms with Crippen LogP contribution >= 0.6 is 11.8 Å². The van der Waals surface area contributed by atoms with Crippen molar-refractivity contribution in [2.75, 3.05) is 24.7 Å². The maximum atomic E-state index is 12.5. The topological polar surface area (TPSA) is 57.5 Å². The van der Waals surface area contributed by atoms with Crippen LogP contribution in [0.25, 0.3) is 5.69 Å². The van der Waals surface area contributed by atoms with Gasteiger partial charge in [0, 0.05) is 22.6 Å². The van der Waals surface area contributed by atoms with Crippen molar-refractivity contribution in [3.63, 3.8) is 0 Å². The molecule has 0 bridgehead atoms. The number of carbonyl (C=O) groups excluding carboxylic acids is 2. The van der Waals surface area contributed by atoms with Crippen molar-refractivity contribution >= 4 is 23.5 Å². The van der Waals surface area contributed by atoms with Crippen molar-refractivity contribution in [2.24, 2.45) is 0 Å². The molecular weight excluding hydrogens is 350 g/mol. The number of aryl methyl sites for hydroxylation is 1. The second-order valence-electron chi connectivity index (χ2n) is 5.77. The smallest absolute Gasteiger partial charge is 0.315 e. The SMILES string of the molecule is CCOC(=O)CSCC(=O)c1cc(C)n(-c2ccc(OCC)cc2)c1C. The summed E-state index contributed by atoms with van der Waals surface area (Å²) in [6.45, 7) is 8.62. The van der Waals surface area contributed by atoms with Crippen LogP contribution in [0.15, 0.2) is 30.3 Å². The summed E-state index contributed by atoms with van der Waals surface area (Å²) in [6.07, 6.45) is 0. The summed E-state index contributed by atoms with van der Waals surface area (Å²) in [5.74, 6) is 1.00. The number of carbonyl (C=O) groups is 2. The lowest BCUT2D eigenvalue weighted by Gasteiger charge is -2.11. The molecule has 0 aliphatic heterocycles. The highest BCUT2D eigenvalue weighted by Gasteiger charge is 2.17. The predicted molar refractivity (Wildman–Crippen MR) is 105 cm³/mol. The molecule has 1 aromatic carbocycles. The highest BCUT2D eigenvalue weighted by Crippen LogP contribution is 2.24. The first kappa shape index (κ1) is 20.1. The van der Waals surface area contributed by atoms with E-state index >= 15 is 0 Å². The van der Waals surface area contributed by atoms with Crippen LogP contribution in [-0.2, 0) is 9.53 Å². The highest BCUT2D eigenvalue weighted by molar-refractivity contribution is 8.00. The molecule has 0 saturated carbocycles. The molecule has 26 heavy (non-hydrogen) atoms. The van der Waals surface area contributed by atoms with Gasteiger partial charge in [-0.2, -0.15) is 0 Å². The minimum Gasteiger partial charge on any atom is -0.494 e. The quantitative estimate of drug-likeness (QED) is 0.490. The molecule has 6 heteroatoms. The fourth-order valence-corrected chi connectivity index (χ4v) is 3.50. The molecule has 0 unspecified atom stereocenters. The second kappa shape index (κ2) is 9.48. The molecule has 0 aliphatic rings. The molecule has 0 saturated heterocycles. The minimum absolute atomic E-state index is 0.0181. The molecule has 1 aromatic heterocycles. The van der Waals surface area contributed by atoms with E-state index in [1.54, 1.807) is 6.92 Å². The van der Waals surface area contributed by atoms with Gasteiger partial charge in [0.2, 0.25) is 0 Å². The number of aromatic nitrogens is 1. The van der Waals surface area contributed by atoms with Gasteiger partial charge in [-0.15, -0.1) is 11.8 Å². The minimum atomic E-state index is -0.287. The van der Waals surface area contributed by atoms with E-state index in [9.17, 15) is 9.59 Å². The molecule has 0 atom stereocenters. The van der Waals surface area contributed by atoms with Crippen molar-refractivity contribution in [1.82, 2.24) is 4.57 Å². The summed E-state index contributed by atoms with van der Waals surface area (Å²) >= 11 is 1.28. The fraction of sp³-hybridized carbons (Fsp3) is 0.400. The van der Waals surface area contributed by atoms with Gasteiger partial charge < -0.3 is 14.0 Å². The van der Waals surface area contributed by atoms with Crippen molar-refractivity contribution in [1.29, 1.82) is 0 Å². The second-order valence-corrected chi connectivity index (χ2v) is 6.75. The Kier molecular flexibility index (Phi) is 7.33. The number of hydrogen-bond acceptors (Lipinski definition) is 5.